The molecule has 0 aliphatic rings. The number of hydrogen-bond acceptors (Lipinski definition) is 3. The average Bonchev–Trinajstić information content (AvgIpc) is 2.08. The van der Waals surface area contributed by atoms with Crippen LogP contribution in [0.5, 0.6) is 0 Å². The number of rotatable bonds is 3. The molecule has 0 amide bonds. The summed E-state index contributed by atoms with van der Waals surface area (Å²) in [5.74, 6) is -0.426. The zero-order valence-electron chi connectivity index (χ0n) is 7.18. The smallest absolute Gasteiger partial charge is 0.326 e. The number of ether oxygens (including phenoxy) is 1. The highest BCUT2D eigenvalue weighted by atomic mass is 16.5. The number of nitrogens with zero attached hydrogens (tertiary/aromatic N) is 1. The van der Waals surface area contributed by atoms with Crippen LogP contribution in [0.15, 0.2) is 0 Å². The van der Waals surface area contributed by atoms with Gasteiger partial charge in [-0.3, -0.25) is 4.79 Å². The molecule has 0 bridgehead atoms. The summed E-state index contributed by atoms with van der Waals surface area (Å²) in [4.78, 5) is 11.1. The highest BCUT2D eigenvalue weighted by molar-refractivity contribution is 5.79. The normalized spacial score (nSPS) is 10.4. The highest BCUT2D eigenvalue weighted by Crippen LogP contribution is 2.26. The van der Waals surface area contributed by atoms with Gasteiger partial charge in [-0.25, -0.2) is 0 Å². The molecule has 62 valence electrons. The van der Waals surface area contributed by atoms with Gasteiger partial charge in [0.25, 0.3) is 0 Å². The summed E-state index contributed by atoms with van der Waals surface area (Å²) in [5.41, 5.74) is -0.922. The van der Waals surface area contributed by atoms with Crippen LogP contribution in [0.2, 0.25) is 0 Å². The molecule has 0 radical (unpaired) electrons. The maximum atomic E-state index is 11.1. The predicted octanol–water partition coefficient (Wildman–Crippen LogP) is 1.49. The SMILES string of the molecule is CCC(C#N)(CC)C(=O)OC. The lowest BCUT2D eigenvalue weighted by atomic mass is 9.84. The number of esters is 1. The Balaban J connectivity index is 4.57. The molecule has 0 saturated carbocycles. The van der Waals surface area contributed by atoms with Crippen LogP contribution in [0.4, 0.5) is 0 Å². The van der Waals surface area contributed by atoms with Gasteiger partial charge in [-0.1, -0.05) is 13.8 Å². The molecule has 0 saturated heterocycles. The Morgan fingerprint density at radius 2 is 2.00 bits per heavy atom. The molecule has 0 unspecified atom stereocenters. The van der Waals surface area contributed by atoms with Gasteiger partial charge in [0.15, 0.2) is 5.41 Å². The molecule has 11 heavy (non-hydrogen) atoms. The maximum Gasteiger partial charge on any atom is 0.326 e. The van der Waals surface area contributed by atoms with Crippen LogP contribution in [0.1, 0.15) is 26.7 Å². The van der Waals surface area contributed by atoms with Crippen molar-refractivity contribution < 1.29 is 9.53 Å². The number of carbonyl (C=O) groups excluding carboxylic acids is 1. The van der Waals surface area contributed by atoms with Crippen LogP contribution < -0.4 is 0 Å². The molecular formula is C8H13NO2. The van der Waals surface area contributed by atoms with Gasteiger partial charge in [-0.05, 0) is 12.8 Å². The molecule has 0 N–H and O–H groups in total. The Labute approximate surface area is 67.0 Å². The van der Waals surface area contributed by atoms with E-state index in [1.807, 2.05) is 19.9 Å². The van der Waals surface area contributed by atoms with Gasteiger partial charge in [0, 0.05) is 0 Å². The molecule has 0 aromatic carbocycles. The Morgan fingerprint density at radius 3 is 2.09 bits per heavy atom. The minimum Gasteiger partial charge on any atom is -0.468 e. The molecule has 0 spiro atoms. The van der Waals surface area contributed by atoms with E-state index in [1.165, 1.54) is 7.11 Å². The van der Waals surface area contributed by atoms with Gasteiger partial charge in [-0.15, -0.1) is 0 Å². The molecule has 0 rings (SSSR count). The predicted molar refractivity (Wildman–Crippen MR) is 40.6 cm³/mol. The van der Waals surface area contributed by atoms with E-state index in [0.717, 1.165) is 0 Å². The van der Waals surface area contributed by atoms with E-state index in [4.69, 9.17) is 5.26 Å². The minimum atomic E-state index is -0.922. The molecule has 0 aliphatic carbocycles. The fraction of sp³-hybridized carbons (Fsp3) is 0.750. The van der Waals surface area contributed by atoms with Gasteiger partial charge in [-0.2, -0.15) is 5.26 Å². The second-order valence-corrected chi connectivity index (χ2v) is 2.39. The van der Waals surface area contributed by atoms with Crippen molar-refractivity contribution in [1.29, 1.82) is 5.26 Å². The average molecular weight is 155 g/mol. The van der Waals surface area contributed by atoms with Gasteiger partial charge in [0.05, 0.1) is 13.2 Å². The largest absolute Gasteiger partial charge is 0.468 e. The van der Waals surface area contributed by atoms with Crippen LogP contribution in [-0.4, -0.2) is 13.1 Å². The monoisotopic (exact) mass is 155 g/mol. The first kappa shape index (κ1) is 9.96. The quantitative estimate of drug-likeness (QED) is 0.580. The first-order chi connectivity index (χ1) is 5.16. The van der Waals surface area contributed by atoms with Crippen molar-refractivity contribution in [3.8, 4) is 6.07 Å². The van der Waals surface area contributed by atoms with Crippen molar-refractivity contribution in [2.75, 3.05) is 7.11 Å². The second kappa shape index (κ2) is 3.97. The maximum absolute atomic E-state index is 11.1. The Hall–Kier alpha value is -1.04. The van der Waals surface area contributed by atoms with Crippen molar-refractivity contribution in [3.05, 3.63) is 0 Å². The molecular weight excluding hydrogens is 142 g/mol. The summed E-state index contributed by atoms with van der Waals surface area (Å²) in [6, 6.07) is 1.99. The van der Waals surface area contributed by atoms with Crippen molar-refractivity contribution in [1.82, 2.24) is 0 Å². The zero-order chi connectivity index (χ0) is 8.91. The number of carbonyl (C=O) groups is 1. The minimum absolute atomic E-state index is 0.426. The lowest BCUT2D eigenvalue weighted by Gasteiger charge is -2.19. The fourth-order valence-corrected chi connectivity index (χ4v) is 0.938. The van der Waals surface area contributed by atoms with Crippen molar-refractivity contribution in [3.63, 3.8) is 0 Å². The van der Waals surface area contributed by atoms with Crippen LogP contribution in [0.3, 0.4) is 0 Å². The number of methoxy groups -OCH3 is 1. The Bertz CT molecular complexity index is 177. The molecule has 3 nitrogen and oxygen atoms in total. The van der Waals surface area contributed by atoms with E-state index in [-0.39, 0.29) is 0 Å². The van der Waals surface area contributed by atoms with Crippen LogP contribution >= 0.6 is 0 Å². The summed E-state index contributed by atoms with van der Waals surface area (Å²) in [6.45, 7) is 3.62. The zero-order valence-corrected chi connectivity index (χ0v) is 7.18. The van der Waals surface area contributed by atoms with Gasteiger partial charge in [0.2, 0.25) is 0 Å². The molecule has 0 heterocycles. The van der Waals surface area contributed by atoms with Crippen LogP contribution in [0, 0.1) is 16.7 Å². The summed E-state index contributed by atoms with van der Waals surface area (Å²) < 4.78 is 4.53. The summed E-state index contributed by atoms with van der Waals surface area (Å²) in [6.07, 6.45) is 1.01. The van der Waals surface area contributed by atoms with E-state index < -0.39 is 11.4 Å². The molecule has 3 heteroatoms. The van der Waals surface area contributed by atoms with Crippen molar-refractivity contribution >= 4 is 5.97 Å². The lowest BCUT2D eigenvalue weighted by molar-refractivity contribution is -0.149. The molecule has 0 aromatic heterocycles. The number of nitriles is 1. The van der Waals surface area contributed by atoms with Gasteiger partial charge < -0.3 is 4.74 Å². The third kappa shape index (κ3) is 1.70. The lowest BCUT2D eigenvalue weighted by Crippen LogP contribution is -2.29. The van der Waals surface area contributed by atoms with E-state index in [0.29, 0.717) is 12.8 Å². The van der Waals surface area contributed by atoms with Crippen molar-refractivity contribution in [2.45, 2.75) is 26.7 Å². The topological polar surface area (TPSA) is 50.1 Å². The fourth-order valence-electron chi connectivity index (χ4n) is 0.938. The van der Waals surface area contributed by atoms with E-state index >= 15 is 0 Å². The first-order valence-electron chi connectivity index (χ1n) is 3.66. The molecule has 0 fully saturated rings. The second-order valence-electron chi connectivity index (χ2n) is 2.39. The summed E-state index contributed by atoms with van der Waals surface area (Å²) >= 11 is 0. The van der Waals surface area contributed by atoms with Crippen LogP contribution in [-0.2, 0) is 9.53 Å². The standard InChI is InChI=1S/C8H13NO2/c1-4-8(5-2,6-9)7(10)11-3/h4-5H2,1-3H3. The Morgan fingerprint density at radius 1 is 1.55 bits per heavy atom. The molecule has 0 aliphatic heterocycles. The van der Waals surface area contributed by atoms with Gasteiger partial charge in [0.1, 0.15) is 0 Å². The van der Waals surface area contributed by atoms with E-state index in [1.54, 1.807) is 0 Å². The summed E-state index contributed by atoms with van der Waals surface area (Å²) in [5, 5.41) is 8.73. The summed E-state index contributed by atoms with van der Waals surface area (Å²) in [7, 11) is 1.31. The highest BCUT2D eigenvalue weighted by Gasteiger charge is 2.35. The molecule has 0 atom stereocenters. The molecule has 0 aromatic rings. The number of hydrogen-bond donors (Lipinski definition) is 0. The van der Waals surface area contributed by atoms with Crippen molar-refractivity contribution in [2.24, 2.45) is 5.41 Å². The Kier molecular flexibility index (Phi) is 3.59. The van der Waals surface area contributed by atoms with Crippen LogP contribution in [0.25, 0.3) is 0 Å². The first-order valence-corrected chi connectivity index (χ1v) is 3.66. The van der Waals surface area contributed by atoms with Gasteiger partial charge >= 0.3 is 5.97 Å². The third-order valence-corrected chi connectivity index (χ3v) is 2.00. The van der Waals surface area contributed by atoms with E-state index in [9.17, 15) is 4.79 Å². The third-order valence-electron chi connectivity index (χ3n) is 2.00. The van der Waals surface area contributed by atoms with E-state index in [2.05, 4.69) is 4.74 Å².